The third-order valence-corrected chi connectivity index (χ3v) is 3.39. The lowest BCUT2D eigenvalue weighted by molar-refractivity contribution is 0.768. The highest BCUT2D eigenvalue weighted by molar-refractivity contribution is 9.10. The van der Waals surface area contributed by atoms with Crippen LogP contribution in [-0.4, -0.2) is 26.8 Å². The first kappa shape index (κ1) is 12.0. The van der Waals surface area contributed by atoms with Gasteiger partial charge in [0, 0.05) is 12.7 Å². The summed E-state index contributed by atoms with van der Waals surface area (Å²) < 4.78 is 2.63. The fourth-order valence-electron chi connectivity index (χ4n) is 1.64. The van der Waals surface area contributed by atoms with Crippen molar-refractivity contribution in [1.82, 2.24) is 19.7 Å². The molecule has 6 heteroatoms. The number of hydrogen-bond donors (Lipinski definition) is 1. The van der Waals surface area contributed by atoms with Gasteiger partial charge in [-0.1, -0.05) is 0 Å². The van der Waals surface area contributed by atoms with Gasteiger partial charge in [-0.15, -0.1) is 0 Å². The zero-order valence-electron chi connectivity index (χ0n) is 10.2. The smallest absolute Gasteiger partial charge is 0.253 e. The molecule has 0 aliphatic carbocycles. The van der Waals surface area contributed by atoms with Gasteiger partial charge in [-0.2, -0.15) is 10.1 Å². The van der Waals surface area contributed by atoms with E-state index in [4.69, 9.17) is 0 Å². The molecule has 0 unspecified atom stereocenters. The Morgan fingerprint density at radius 1 is 1.24 bits per heavy atom. The van der Waals surface area contributed by atoms with Crippen molar-refractivity contribution in [2.45, 2.75) is 20.8 Å². The second-order valence-electron chi connectivity index (χ2n) is 3.86. The van der Waals surface area contributed by atoms with Gasteiger partial charge in [-0.05, 0) is 42.8 Å². The Morgan fingerprint density at radius 2 is 1.94 bits per heavy atom. The topological polar surface area (TPSA) is 55.6 Å². The van der Waals surface area contributed by atoms with Crippen LogP contribution in [0.4, 0.5) is 5.82 Å². The number of anilines is 1. The van der Waals surface area contributed by atoms with Crippen LogP contribution in [0.3, 0.4) is 0 Å². The number of nitrogens with zero attached hydrogens (tertiary/aromatic N) is 4. The largest absolute Gasteiger partial charge is 0.372 e. The number of nitrogens with one attached hydrogen (secondary N) is 1. The van der Waals surface area contributed by atoms with E-state index in [-0.39, 0.29) is 0 Å². The fraction of sp³-hybridized carbons (Fsp3) is 0.364. The second-order valence-corrected chi connectivity index (χ2v) is 4.65. The van der Waals surface area contributed by atoms with Crippen molar-refractivity contribution in [3.05, 3.63) is 27.6 Å². The second kappa shape index (κ2) is 4.44. The minimum absolute atomic E-state index is 0.584. The van der Waals surface area contributed by atoms with Gasteiger partial charge in [0.1, 0.15) is 5.82 Å². The molecular weight excluding hydrogens is 282 g/mol. The van der Waals surface area contributed by atoms with Crippen molar-refractivity contribution >= 4 is 21.7 Å². The molecule has 2 aromatic rings. The Hall–Kier alpha value is -1.43. The molecule has 0 aliphatic rings. The van der Waals surface area contributed by atoms with Crippen LogP contribution in [0, 0.1) is 20.8 Å². The van der Waals surface area contributed by atoms with Crippen molar-refractivity contribution in [1.29, 1.82) is 0 Å². The van der Waals surface area contributed by atoms with E-state index in [0.717, 1.165) is 27.4 Å². The van der Waals surface area contributed by atoms with Crippen LogP contribution < -0.4 is 5.32 Å². The van der Waals surface area contributed by atoms with Crippen molar-refractivity contribution in [2.24, 2.45) is 0 Å². The number of hydrogen-bond acceptors (Lipinski definition) is 4. The molecule has 0 saturated heterocycles. The Labute approximate surface area is 108 Å². The Balaban J connectivity index is 2.60. The molecule has 2 aromatic heterocycles. The molecule has 1 N–H and O–H groups in total. The zero-order valence-corrected chi connectivity index (χ0v) is 11.8. The molecule has 0 fully saturated rings. The maximum absolute atomic E-state index is 4.43. The van der Waals surface area contributed by atoms with Gasteiger partial charge < -0.3 is 5.32 Å². The molecule has 5 nitrogen and oxygen atoms in total. The summed E-state index contributed by atoms with van der Waals surface area (Å²) in [7, 11) is 1.83. The predicted octanol–water partition coefficient (Wildman–Crippen LogP) is 2.39. The van der Waals surface area contributed by atoms with Crippen LogP contribution in [0.1, 0.15) is 17.1 Å². The highest BCUT2D eigenvalue weighted by Gasteiger charge is 2.12. The van der Waals surface area contributed by atoms with Gasteiger partial charge in [0.05, 0.1) is 15.9 Å². The number of rotatable bonds is 2. The summed E-state index contributed by atoms with van der Waals surface area (Å²) in [6, 6.07) is 2.00. The molecule has 0 aliphatic heterocycles. The van der Waals surface area contributed by atoms with Gasteiger partial charge >= 0.3 is 0 Å². The summed E-state index contributed by atoms with van der Waals surface area (Å²) in [5.74, 6) is 1.35. The molecule has 0 spiro atoms. The lowest BCUT2D eigenvalue weighted by atomic mass is 10.4. The van der Waals surface area contributed by atoms with E-state index in [2.05, 4.69) is 36.3 Å². The summed E-state index contributed by atoms with van der Waals surface area (Å²) in [6.45, 7) is 5.87. The molecule has 0 amide bonds. The zero-order chi connectivity index (χ0) is 12.6. The van der Waals surface area contributed by atoms with Gasteiger partial charge in [0.2, 0.25) is 0 Å². The molecule has 0 bridgehead atoms. The van der Waals surface area contributed by atoms with Crippen LogP contribution >= 0.6 is 15.9 Å². The molecule has 0 radical (unpaired) electrons. The van der Waals surface area contributed by atoms with Gasteiger partial charge in [0.15, 0.2) is 0 Å². The van der Waals surface area contributed by atoms with E-state index < -0.39 is 0 Å². The third kappa shape index (κ3) is 2.17. The predicted molar refractivity (Wildman–Crippen MR) is 70.6 cm³/mol. The fourth-order valence-corrected chi connectivity index (χ4v) is 2.01. The first-order valence-corrected chi connectivity index (χ1v) is 6.07. The summed E-state index contributed by atoms with van der Waals surface area (Å²) in [5.41, 5.74) is 2.86. The summed E-state index contributed by atoms with van der Waals surface area (Å²) in [6.07, 6.45) is 0. The van der Waals surface area contributed by atoms with Crippen molar-refractivity contribution < 1.29 is 0 Å². The molecule has 0 atom stereocenters. The normalized spacial score (nSPS) is 10.6. The van der Waals surface area contributed by atoms with E-state index in [0.29, 0.717) is 5.95 Å². The summed E-state index contributed by atoms with van der Waals surface area (Å²) in [5, 5.41) is 7.41. The van der Waals surface area contributed by atoms with Crippen molar-refractivity contribution in [2.75, 3.05) is 12.4 Å². The number of aromatic nitrogens is 4. The highest BCUT2D eigenvalue weighted by atomic mass is 79.9. The SMILES string of the molecule is CNc1nc(-n2nc(C)cc2C)nc(C)c1Br. The summed E-state index contributed by atoms with van der Waals surface area (Å²) in [4.78, 5) is 8.86. The van der Waals surface area contributed by atoms with E-state index in [1.165, 1.54) is 0 Å². The average Bonchev–Trinajstić information content (AvgIpc) is 2.61. The van der Waals surface area contributed by atoms with Crippen LogP contribution in [0.15, 0.2) is 10.5 Å². The maximum Gasteiger partial charge on any atom is 0.253 e. The molecule has 2 heterocycles. The quantitative estimate of drug-likeness (QED) is 0.924. The monoisotopic (exact) mass is 295 g/mol. The van der Waals surface area contributed by atoms with Crippen LogP contribution in [-0.2, 0) is 0 Å². The van der Waals surface area contributed by atoms with E-state index >= 15 is 0 Å². The van der Waals surface area contributed by atoms with E-state index in [1.807, 2.05) is 33.9 Å². The van der Waals surface area contributed by atoms with Gasteiger partial charge in [-0.3, -0.25) is 0 Å². The number of aryl methyl sites for hydroxylation is 3. The molecule has 17 heavy (non-hydrogen) atoms. The first-order chi connectivity index (χ1) is 8.02. The van der Waals surface area contributed by atoms with Crippen molar-refractivity contribution in [3.8, 4) is 5.95 Å². The number of halogens is 1. The lowest BCUT2D eigenvalue weighted by Crippen LogP contribution is -2.09. The Morgan fingerprint density at radius 3 is 2.47 bits per heavy atom. The van der Waals surface area contributed by atoms with Crippen molar-refractivity contribution in [3.63, 3.8) is 0 Å². The van der Waals surface area contributed by atoms with E-state index in [1.54, 1.807) is 4.68 Å². The minimum atomic E-state index is 0.584. The molecule has 2 rings (SSSR count). The van der Waals surface area contributed by atoms with E-state index in [9.17, 15) is 0 Å². The third-order valence-electron chi connectivity index (χ3n) is 2.44. The average molecular weight is 296 g/mol. The van der Waals surface area contributed by atoms with Gasteiger partial charge in [0.25, 0.3) is 5.95 Å². The Bertz CT molecular complexity index is 561. The van der Waals surface area contributed by atoms with Crippen LogP contribution in [0.25, 0.3) is 5.95 Å². The first-order valence-electron chi connectivity index (χ1n) is 5.28. The molecule has 0 saturated carbocycles. The standard InChI is InChI=1S/C11H14BrN5/c1-6-5-7(2)17(16-6)11-14-8(3)9(12)10(13-4)15-11/h5H,1-4H3,(H,13,14,15). The molecule has 90 valence electrons. The molecule has 0 aromatic carbocycles. The maximum atomic E-state index is 4.43. The molecular formula is C11H14BrN5. The lowest BCUT2D eigenvalue weighted by Gasteiger charge is -2.09. The van der Waals surface area contributed by atoms with Crippen LogP contribution in [0.5, 0.6) is 0 Å². The summed E-state index contributed by atoms with van der Waals surface area (Å²) >= 11 is 3.45. The van der Waals surface area contributed by atoms with Gasteiger partial charge in [-0.25, -0.2) is 9.67 Å². The minimum Gasteiger partial charge on any atom is -0.372 e. The van der Waals surface area contributed by atoms with Crippen LogP contribution in [0.2, 0.25) is 0 Å². The Kier molecular flexibility index (Phi) is 3.15. The highest BCUT2D eigenvalue weighted by Crippen LogP contribution is 2.23.